The van der Waals surface area contributed by atoms with E-state index in [9.17, 15) is 4.79 Å². The van der Waals surface area contributed by atoms with Gasteiger partial charge in [-0.15, -0.1) is 0 Å². The van der Waals surface area contributed by atoms with Crippen LogP contribution in [0.5, 0.6) is 0 Å². The molecule has 17 heavy (non-hydrogen) atoms. The van der Waals surface area contributed by atoms with Gasteiger partial charge in [0, 0.05) is 13.1 Å². The van der Waals surface area contributed by atoms with E-state index in [-0.39, 0.29) is 6.09 Å². The van der Waals surface area contributed by atoms with Crippen LogP contribution >= 0.6 is 15.9 Å². The molecule has 0 bridgehead atoms. The molecule has 0 atom stereocenters. The normalized spacial score (nSPS) is 15.4. The Morgan fingerprint density at radius 3 is 2.76 bits per heavy atom. The first-order chi connectivity index (χ1) is 8.25. The number of amides is 1. The number of hydrogen-bond donors (Lipinski definition) is 0. The summed E-state index contributed by atoms with van der Waals surface area (Å²) >= 11 is 3.42. The van der Waals surface area contributed by atoms with E-state index >= 15 is 0 Å². The second kappa shape index (κ2) is 5.87. The standard InChI is InChI=1S/C13H14BrNO2/c14-12-6-8-15(9-7-12)13(16)17-10-11-4-2-1-3-5-11/h1-6H,7-10H2. The average Bonchev–Trinajstić information content (AvgIpc) is 2.38. The molecule has 2 rings (SSSR count). The van der Waals surface area contributed by atoms with Crippen LogP contribution in [-0.4, -0.2) is 24.1 Å². The molecule has 90 valence electrons. The van der Waals surface area contributed by atoms with Crippen LogP contribution < -0.4 is 0 Å². The average molecular weight is 296 g/mol. The first-order valence-corrected chi connectivity index (χ1v) is 6.35. The number of halogens is 1. The summed E-state index contributed by atoms with van der Waals surface area (Å²) in [5.41, 5.74) is 1.01. The molecule has 3 nitrogen and oxygen atoms in total. The van der Waals surface area contributed by atoms with Crippen molar-refractivity contribution in [1.29, 1.82) is 0 Å². The molecule has 1 aromatic rings. The molecule has 0 unspecified atom stereocenters. The molecular weight excluding hydrogens is 282 g/mol. The lowest BCUT2D eigenvalue weighted by molar-refractivity contribution is 0.0993. The highest BCUT2D eigenvalue weighted by Crippen LogP contribution is 2.16. The van der Waals surface area contributed by atoms with Crippen molar-refractivity contribution in [3.63, 3.8) is 0 Å². The Labute approximate surface area is 109 Å². The summed E-state index contributed by atoms with van der Waals surface area (Å²) < 4.78 is 6.40. The van der Waals surface area contributed by atoms with E-state index in [0.29, 0.717) is 19.7 Å². The zero-order chi connectivity index (χ0) is 12.1. The van der Waals surface area contributed by atoms with E-state index in [4.69, 9.17) is 4.74 Å². The molecular formula is C13H14BrNO2. The van der Waals surface area contributed by atoms with E-state index < -0.39 is 0 Å². The van der Waals surface area contributed by atoms with Gasteiger partial charge in [0.2, 0.25) is 0 Å². The second-order valence-corrected chi connectivity index (χ2v) is 4.91. The molecule has 1 aromatic carbocycles. The van der Waals surface area contributed by atoms with Crippen molar-refractivity contribution in [2.24, 2.45) is 0 Å². The Morgan fingerprint density at radius 1 is 1.35 bits per heavy atom. The lowest BCUT2D eigenvalue weighted by Gasteiger charge is -2.24. The maximum absolute atomic E-state index is 11.7. The van der Waals surface area contributed by atoms with E-state index in [1.54, 1.807) is 4.90 Å². The third-order valence-corrected chi connectivity index (χ3v) is 3.34. The van der Waals surface area contributed by atoms with Crippen molar-refractivity contribution in [3.8, 4) is 0 Å². The number of benzene rings is 1. The topological polar surface area (TPSA) is 29.5 Å². The molecule has 1 aliphatic rings. The van der Waals surface area contributed by atoms with Crippen LogP contribution in [0.2, 0.25) is 0 Å². The summed E-state index contributed by atoms with van der Waals surface area (Å²) in [6, 6.07) is 9.70. The molecule has 0 spiro atoms. The van der Waals surface area contributed by atoms with Crippen LogP contribution in [0.1, 0.15) is 12.0 Å². The smallest absolute Gasteiger partial charge is 0.410 e. The lowest BCUT2D eigenvalue weighted by atomic mass is 10.2. The fraction of sp³-hybridized carbons (Fsp3) is 0.308. The number of carbonyl (C=O) groups excluding carboxylic acids is 1. The molecule has 1 aliphatic heterocycles. The third kappa shape index (κ3) is 3.60. The van der Waals surface area contributed by atoms with Crippen molar-refractivity contribution in [3.05, 3.63) is 46.5 Å². The van der Waals surface area contributed by atoms with Gasteiger partial charge in [0.25, 0.3) is 0 Å². The van der Waals surface area contributed by atoms with Crippen LogP contribution in [0.15, 0.2) is 40.9 Å². The van der Waals surface area contributed by atoms with E-state index in [1.807, 2.05) is 36.4 Å². The number of hydrogen-bond acceptors (Lipinski definition) is 2. The van der Waals surface area contributed by atoms with Crippen molar-refractivity contribution in [2.45, 2.75) is 13.0 Å². The minimum Gasteiger partial charge on any atom is -0.445 e. The first kappa shape index (κ1) is 12.2. The molecule has 0 radical (unpaired) electrons. The van der Waals surface area contributed by atoms with Crippen LogP contribution in [0.4, 0.5) is 4.79 Å². The van der Waals surface area contributed by atoms with E-state index in [1.165, 1.54) is 0 Å². The van der Waals surface area contributed by atoms with Crippen LogP contribution in [0.25, 0.3) is 0 Å². The predicted octanol–water partition coefficient (Wildman–Crippen LogP) is 3.31. The Morgan fingerprint density at radius 2 is 2.12 bits per heavy atom. The Balaban J connectivity index is 1.82. The maximum Gasteiger partial charge on any atom is 0.410 e. The third-order valence-electron chi connectivity index (χ3n) is 2.62. The molecule has 0 N–H and O–H groups in total. The molecule has 1 heterocycles. The molecule has 0 saturated carbocycles. The molecule has 0 aromatic heterocycles. The second-order valence-electron chi connectivity index (χ2n) is 3.89. The van der Waals surface area contributed by atoms with Crippen molar-refractivity contribution in [1.82, 2.24) is 4.90 Å². The van der Waals surface area contributed by atoms with Gasteiger partial charge < -0.3 is 9.64 Å². The number of nitrogens with zero attached hydrogens (tertiary/aromatic N) is 1. The highest BCUT2D eigenvalue weighted by molar-refractivity contribution is 9.11. The summed E-state index contributed by atoms with van der Waals surface area (Å²) in [4.78, 5) is 13.4. The Hall–Kier alpha value is -1.29. The monoisotopic (exact) mass is 295 g/mol. The quantitative estimate of drug-likeness (QED) is 0.838. The number of rotatable bonds is 2. The van der Waals surface area contributed by atoms with E-state index in [0.717, 1.165) is 16.5 Å². The zero-order valence-electron chi connectivity index (χ0n) is 9.43. The van der Waals surface area contributed by atoms with Crippen molar-refractivity contribution < 1.29 is 9.53 Å². The minimum atomic E-state index is -0.245. The Bertz CT molecular complexity index is 417. The summed E-state index contributed by atoms with van der Waals surface area (Å²) in [6.07, 6.45) is 2.61. The summed E-state index contributed by atoms with van der Waals surface area (Å²) in [6.45, 7) is 1.67. The SMILES string of the molecule is O=C(OCc1ccccc1)N1CC=C(Br)CC1. The van der Waals surface area contributed by atoms with Gasteiger partial charge in [-0.05, 0) is 16.5 Å². The summed E-state index contributed by atoms with van der Waals surface area (Å²) in [5.74, 6) is 0. The van der Waals surface area contributed by atoms with Gasteiger partial charge in [0.1, 0.15) is 6.61 Å². The predicted molar refractivity (Wildman–Crippen MR) is 69.8 cm³/mol. The number of ether oxygens (including phenoxy) is 1. The van der Waals surface area contributed by atoms with Gasteiger partial charge in [-0.1, -0.05) is 52.3 Å². The molecule has 0 saturated heterocycles. The molecule has 0 aliphatic carbocycles. The van der Waals surface area contributed by atoms with Gasteiger partial charge in [0.15, 0.2) is 0 Å². The zero-order valence-corrected chi connectivity index (χ0v) is 11.0. The summed E-state index contributed by atoms with van der Waals surface area (Å²) in [5, 5.41) is 0. The van der Waals surface area contributed by atoms with Gasteiger partial charge in [-0.2, -0.15) is 0 Å². The number of carbonyl (C=O) groups is 1. The van der Waals surface area contributed by atoms with Gasteiger partial charge in [0.05, 0.1) is 0 Å². The lowest BCUT2D eigenvalue weighted by Crippen LogP contribution is -2.34. The van der Waals surface area contributed by atoms with Crippen LogP contribution in [0, 0.1) is 0 Å². The minimum absolute atomic E-state index is 0.245. The fourth-order valence-electron chi connectivity index (χ4n) is 1.62. The highest BCUT2D eigenvalue weighted by atomic mass is 79.9. The van der Waals surface area contributed by atoms with Crippen LogP contribution in [0.3, 0.4) is 0 Å². The molecule has 4 heteroatoms. The van der Waals surface area contributed by atoms with Gasteiger partial charge >= 0.3 is 6.09 Å². The summed E-state index contributed by atoms with van der Waals surface area (Å²) in [7, 11) is 0. The molecule has 0 fully saturated rings. The van der Waals surface area contributed by atoms with E-state index in [2.05, 4.69) is 15.9 Å². The van der Waals surface area contributed by atoms with Crippen molar-refractivity contribution in [2.75, 3.05) is 13.1 Å². The Kier molecular flexibility index (Phi) is 4.20. The molecule has 1 amide bonds. The largest absolute Gasteiger partial charge is 0.445 e. The first-order valence-electron chi connectivity index (χ1n) is 5.56. The fourth-order valence-corrected chi connectivity index (χ4v) is 1.94. The maximum atomic E-state index is 11.7. The van der Waals surface area contributed by atoms with Crippen molar-refractivity contribution >= 4 is 22.0 Å². The van der Waals surface area contributed by atoms with Gasteiger partial charge in [-0.25, -0.2) is 4.79 Å². The highest BCUT2D eigenvalue weighted by Gasteiger charge is 2.17. The van der Waals surface area contributed by atoms with Crippen LogP contribution in [-0.2, 0) is 11.3 Å². The van der Waals surface area contributed by atoms with Gasteiger partial charge in [-0.3, -0.25) is 0 Å².